The molecule has 0 bridgehead atoms. The molecule has 5 rings (SSSR count). The highest BCUT2D eigenvalue weighted by atomic mass is 15.1. The fraction of sp³-hybridized carbons (Fsp3) is 0.360. The molecule has 2 aromatic heterocycles. The minimum Gasteiger partial charge on any atom is -0.368 e. The van der Waals surface area contributed by atoms with E-state index in [-0.39, 0.29) is 0 Å². The van der Waals surface area contributed by atoms with Crippen molar-refractivity contribution in [3.63, 3.8) is 0 Å². The topological polar surface area (TPSA) is 86.0 Å². The highest BCUT2D eigenvalue weighted by molar-refractivity contribution is 6.04. The van der Waals surface area contributed by atoms with Crippen molar-refractivity contribution in [3.05, 3.63) is 66.0 Å². The molecule has 6 heteroatoms. The van der Waals surface area contributed by atoms with Crippen LogP contribution in [0.2, 0.25) is 0 Å². The van der Waals surface area contributed by atoms with Gasteiger partial charge in [0.15, 0.2) is 0 Å². The van der Waals surface area contributed by atoms with Crippen molar-refractivity contribution >= 4 is 27.8 Å². The summed E-state index contributed by atoms with van der Waals surface area (Å²) in [6.07, 6.45) is 7.64. The van der Waals surface area contributed by atoms with Crippen molar-refractivity contribution in [1.29, 1.82) is 0 Å². The Morgan fingerprint density at radius 3 is 2.42 bits per heavy atom. The summed E-state index contributed by atoms with van der Waals surface area (Å²) < 4.78 is 2.27. The number of piperidine rings is 1. The van der Waals surface area contributed by atoms with E-state index < -0.39 is 0 Å². The van der Waals surface area contributed by atoms with Gasteiger partial charge >= 0.3 is 0 Å². The van der Waals surface area contributed by atoms with Crippen LogP contribution in [0.15, 0.2) is 54.9 Å². The van der Waals surface area contributed by atoms with E-state index in [0.29, 0.717) is 5.95 Å². The maximum Gasteiger partial charge on any atom is 0.220 e. The maximum absolute atomic E-state index is 5.81. The molecule has 1 fully saturated rings. The second-order valence-corrected chi connectivity index (χ2v) is 8.72. The van der Waals surface area contributed by atoms with Crippen LogP contribution in [-0.2, 0) is 13.1 Å². The summed E-state index contributed by atoms with van der Waals surface area (Å²) in [5.41, 5.74) is 16.3. The Morgan fingerprint density at radius 1 is 0.935 bits per heavy atom. The quantitative estimate of drug-likeness (QED) is 0.501. The van der Waals surface area contributed by atoms with Crippen LogP contribution < -0.4 is 11.5 Å². The molecule has 160 valence electrons. The molecule has 0 aliphatic carbocycles. The number of rotatable bonds is 6. The Bertz CT molecular complexity index is 1170. The van der Waals surface area contributed by atoms with E-state index in [4.69, 9.17) is 11.5 Å². The number of aromatic nitrogens is 3. The molecule has 0 radical (unpaired) electrons. The van der Waals surface area contributed by atoms with Gasteiger partial charge in [0.25, 0.3) is 0 Å². The van der Waals surface area contributed by atoms with Gasteiger partial charge in [-0.25, -0.2) is 9.97 Å². The standard InChI is InChI=1S/C25H30N6/c26-11-7-18-8-12-30(13-9-18)16-19-1-3-20(4-2-19)17-31-14-10-22-23(31)6-5-21-15-28-25(27)29-24(21)22/h1-6,10,14-15,18H,7-9,11-13,16-17,26H2,(H2,27,28,29). The smallest absolute Gasteiger partial charge is 0.220 e. The van der Waals surface area contributed by atoms with E-state index in [9.17, 15) is 0 Å². The average molecular weight is 415 g/mol. The average Bonchev–Trinajstić information content (AvgIpc) is 3.20. The normalized spacial score (nSPS) is 15.8. The molecule has 3 heterocycles. The van der Waals surface area contributed by atoms with E-state index in [0.717, 1.165) is 47.4 Å². The third-order valence-electron chi connectivity index (χ3n) is 6.58. The number of hydrogen-bond donors (Lipinski definition) is 2. The molecule has 0 amide bonds. The van der Waals surface area contributed by atoms with Gasteiger partial charge in [-0.1, -0.05) is 24.3 Å². The lowest BCUT2D eigenvalue weighted by Crippen LogP contribution is -2.33. The van der Waals surface area contributed by atoms with E-state index in [1.807, 2.05) is 0 Å². The van der Waals surface area contributed by atoms with Gasteiger partial charge < -0.3 is 16.0 Å². The van der Waals surface area contributed by atoms with E-state index in [1.54, 1.807) is 6.20 Å². The van der Waals surface area contributed by atoms with Crippen LogP contribution in [0.5, 0.6) is 0 Å². The van der Waals surface area contributed by atoms with Gasteiger partial charge in [0.2, 0.25) is 5.95 Å². The van der Waals surface area contributed by atoms with Gasteiger partial charge in [0.05, 0.1) is 11.0 Å². The highest BCUT2D eigenvalue weighted by Crippen LogP contribution is 2.26. The van der Waals surface area contributed by atoms with Crippen LogP contribution >= 0.6 is 0 Å². The molecular weight excluding hydrogens is 384 g/mol. The lowest BCUT2D eigenvalue weighted by molar-refractivity contribution is 0.173. The molecule has 31 heavy (non-hydrogen) atoms. The number of anilines is 1. The van der Waals surface area contributed by atoms with Crippen LogP contribution in [0.25, 0.3) is 21.8 Å². The van der Waals surface area contributed by atoms with Gasteiger partial charge in [-0.05, 0) is 74.1 Å². The zero-order chi connectivity index (χ0) is 21.2. The number of nitrogens with zero attached hydrogens (tertiary/aromatic N) is 4. The van der Waals surface area contributed by atoms with Crippen molar-refractivity contribution in [3.8, 4) is 0 Å². The first-order valence-electron chi connectivity index (χ1n) is 11.2. The Labute approximate surface area is 182 Å². The SMILES string of the molecule is NCCC1CCN(Cc2ccc(Cn3ccc4c5nc(N)ncc5ccc43)cc2)CC1. The lowest BCUT2D eigenvalue weighted by Gasteiger charge is -2.31. The summed E-state index contributed by atoms with van der Waals surface area (Å²) in [5.74, 6) is 1.13. The molecular formula is C25H30N6. The second kappa shape index (κ2) is 8.65. The first-order chi connectivity index (χ1) is 15.2. The zero-order valence-corrected chi connectivity index (χ0v) is 17.9. The summed E-state index contributed by atoms with van der Waals surface area (Å²) in [7, 11) is 0. The largest absolute Gasteiger partial charge is 0.368 e. The molecule has 0 atom stereocenters. The van der Waals surface area contributed by atoms with Gasteiger partial charge in [-0.15, -0.1) is 0 Å². The van der Waals surface area contributed by atoms with Crippen LogP contribution in [0, 0.1) is 5.92 Å². The Morgan fingerprint density at radius 2 is 1.68 bits per heavy atom. The molecule has 1 saturated heterocycles. The molecule has 1 aliphatic rings. The fourth-order valence-corrected chi connectivity index (χ4v) is 4.79. The summed E-state index contributed by atoms with van der Waals surface area (Å²) in [5, 5.41) is 2.12. The molecule has 0 saturated carbocycles. The monoisotopic (exact) mass is 414 g/mol. The van der Waals surface area contributed by atoms with E-state index in [1.165, 1.54) is 43.5 Å². The molecule has 1 aliphatic heterocycles. The van der Waals surface area contributed by atoms with Gasteiger partial charge in [-0.3, -0.25) is 4.90 Å². The van der Waals surface area contributed by atoms with Crippen molar-refractivity contribution in [2.75, 3.05) is 25.4 Å². The van der Waals surface area contributed by atoms with Crippen molar-refractivity contribution in [2.24, 2.45) is 11.7 Å². The summed E-state index contributed by atoms with van der Waals surface area (Å²) in [4.78, 5) is 11.1. The van der Waals surface area contributed by atoms with Gasteiger partial charge in [0.1, 0.15) is 0 Å². The molecule has 0 unspecified atom stereocenters. The molecule has 4 N–H and O–H groups in total. The van der Waals surface area contributed by atoms with Crippen molar-refractivity contribution in [2.45, 2.75) is 32.4 Å². The van der Waals surface area contributed by atoms with Crippen molar-refractivity contribution in [1.82, 2.24) is 19.4 Å². The first kappa shape index (κ1) is 20.0. The minimum atomic E-state index is 0.312. The van der Waals surface area contributed by atoms with Crippen molar-refractivity contribution < 1.29 is 0 Å². The van der Waals surface area contributed by atoms with Crippen LogP contribution in [-0.4, -0.2) is 39.1 Å². The summed E-state index contributed by atoms with van der Waals surface area (Å²) in [6.45, 7) is 5.06. The minimum absolute atomic E-state index is 0.312. The van der Waals surface area contributed by atoms with E-state index >= 15 is 0 Å². The number of benzene rings is 2. The maximum atomic E-state index is 5.81. The number of hydrogen-bond acceptors (Lipinski definition) is 5. The number of likely N-dealkylation sites (tertiary alicyclic amines) is 1. The van der Waals surface area contributed by atoms with Crippen LogP contribution in [0.4, 0.5) is 5.95 Å². The van der Waals surface area contributed by atoms with Gasteiger partial charge in [-0.2, -0.15) is 0 Å². The Hall–Kier alpha value is -2.96. The van der Waals surface area contributed by atoms with Gasteiger partial charge in [0, 0.05) is 36.3 Å². The molecule has 2 aromatic carbocycles. The van der Waals surface area contributed by atoms with Crippen LogP contribution in [0.3, 0.4) is 0 Å². The number of nitrogen functional groups attached to an aromatic ring is 1. The number of fused-ring (bicyclic) bond motifs is 3. The first-order valence-corrected chi connectivity index (χ1v) is 11.2. The highest BCUT2D eigenvalue weighted by Gasteiger charge is 2.18. The number of nitrogens with two attached hydrogens (primary N) is 2. The lowest BCUT2D eigenvalue weighted by atomic mass is 9.93. The Kier molecular flexibility index (Phi) is 5.57. The molecule has 0 spiro atoms. The third-order valence-corrected chi connectivity index (χ3v) is 6.58. The third kappa shape index (κ3) is 4.27. The predicted molar refractivity (Wildman–Crippen MR) is 127 cm³/mol. The predicted octanol–water partition coefficient (Wildman–Crippen LogP) is 3.78. The fourth-order valence-electron chi connectivity index (χ4n) is 4.79. The summed E-state index contributed by atoms with van der Waals surface area (Å²) in [6, 6.07) is 15.4. The second-order valence-electron chi connectivity index (χ2n) is 8.72. The molecule has 4 aromatic rings. The summed E-state index contributed by atoms with van der Waals surface area (Å²) >= 11 is 0. The molecule has 6 nitrogen and oxygen atoms in total. The van der Waals surface area contributed by atoms with Crippen LogP contribution in [0.1, 0.15) is 30.4 Å². The Balaban J connectivity index is 1.27. The van der Waals surface area contributed by atoms with E-state index in [2.05, 4.69) is 68.1 Å². The zero-order valence-electron chi connectivity index (χ0n) is 17.9.